The van der Waals surface area contributed by atoms with Gasteiger partial charge in [-0.1, -0.05) is 30.3 Å². The maximum absolute atomic E-state index is 5.86. The Hall–Kier alpha value is -0.470. The quantitative estimate of drug-likeness (QED) is 0.775. The van der Waals surface area contributed by atoms with Crippen LogP contribution in [0, 0.1) is 0 Å². The second-order valence-corrected chi connectivity index (χ2v) is 3.91. The van der Waals surface area contributed by atoms with E-state index in [0.717, 1.165) is 0 Å². The van der Waals surface area contributed by atoms with Gasteiger partial charge in [0.15, 0.2) is 0 Å². The first-order valence-corrected chi connectivity index (χ1v) is 5.38. The van der Waals surface area contributed by atoms with E-state index in [1.807, 2.05) is 13.0 Å². The molecule has 2 heteroatoms. The minimum atomic E-state index is 0.211. The zero-order chi connectivity index (χ0) is 8.97. The summed E-state index contributed by atoms with van der Waals surface area (Å²) < 4.78 is 0. The molecular weight excluding hydrogens is 166 g/mol. The molecule has 0 saturated heterocycles. The second kappa shape index (κ2) is 4.53. The zero-order valence-electron chi connectivity index (χ0n) is 7.53. The highest BCUT2D eigenvalue weighted by Gasteiger charge is 2.13. The van der Waals surface area contributed by atoms with Crippen LogP contribution in [0.25, 0.3) is 0 Å². The first kappa shape index (κ1) is 9.62. The van der Waals surface area contributed by atoms with Gasteiger partial charge >= 0.3 is 0 Å². The second-order valence-electron chi connectivity index (χ2n) is 2.93. The zero-order valence-corrected chi connectivity index (χ0v) is 8.34. The van der Waals surface area contributed by atoms with Gasteiger partial charge in [-0.25, -0.2) is 0 Å². The van der Waals surface area contributed by atoms with Gasteiger partial charge < -0.3 is 5.73 Å². The molecule has 66 valence electrons. The third-order valence-corrected chi connectivity index (χ3v) is 3.07. The predicted octanol–water partition coefficient (Wildman–Crippen LogP) is 2.44. The average molecular weight is 181 g/mol. The Morgan fingerprint density at radius 2 is 1.83 bits per heavy atom. The maximum Gasteiger partial charge on any atom is 0.0442 e. The van der Waals surface area contributed by atoms with Gasteiger partial charge in [0, 0.05) is 11.3 Å². The van der Waals surface area contributed by atoms with Crippen LogP contribution in [0.2, 0.25) is 0 Å². The van der Waals surface area contributed by atoms with Crippen LogP contribution in [0.15, 0.2) is 30.3 Å². The Morgan fingerprint density at radius 3 is 2.25 bits per heavy atom. The Kier molecular flexibility index (Phi) is 3.63. The van der Waals surface area contributed by atoms with Crippen LogP contribution >= 0.6 is 11.8 Å². The molecular formula is C10H15NS. The van der Waals surface area contributed by atoms with Crippen LogP contribution in [0.3, 0.4) is 0 Å². The maximum atomic E-state index is 5.86. The summed E-state index contributed by atoms with van der Waals surface area (Å²) in [6, 6.07) is 10.6. The van der Waals surface area contributed by atoms with E-state index < -0.39 is 0 Å². The Bertz CT molecular complexity index is 221. The largest absolute Gasteiger partial charge is 0.327 e. The number of benzene rings is 1. The van der Waals surface area contributed by atoms with Gasteiger partial charge in [0.25, 0.3) is 0 Å². The lowest BCUT2D eigenvalue weighted by Gasteiger charge is -2.18. The Labute approximate surface area is 78.4 Å². The minimum Gasteiger partial charge on any atom is -0.327 e. The molecule has 0 aliphatic heterocycles. The van der Waals surface area contributed by atoms with Crippen LogP contribution in [0.1, 0.15) is 17.7 Å². The molecule has 2 N–H and O–H groups in total. The van der Waals surface area contributed by atoms with Crippen LogP contribution in [0.5, 0.6) is 0 Å². The topological polar surface area (TPSA) is 26.0 Å². The van der Waals surface area contributed by atoms with Gasteiger partial charge in [0.05, 0.1) is 0 Å². The Morgan fingerprint density at radius 1 is 1.25 bits per heavy atom. The SMILES string of the molecule is CSC(c1ccccc1)C(C)N. The number of rotatable bonds is 3. The summed E-state index contributed by atoms with van der Waals surface area (Å²) in [6.45, 7) is 2.05. The monoisotopic (exact) mass is 181 g/mol. The highest BCUT2D eigenvalue weighted by atomic mass is 32.2. The summed E-state index contributed by atoms with van der Waals surface area (Å²) in [7, 11) is 0. The molecule has 0 aliphatic rings. The molecule has 0 aromatic heterocycles. The third-order valence-electron chi connectivity index (χ3n) is 1.86. The summed E-state index contributed by atoms with van der Waals surface area (Å²) in [5, 5.41) is 0.422. The van der Waals surface area contributed by atoms with Crippen LogP contribution in [-0.4, -0.2) is 12.3 Å². The van der Waals surface area contributed by atoms with E-state index in [9.17, 15) is 0 Å². The number of hydrogen-bond donors (Lipinski definition) is 1. The molecule has 1 aromatic rings. The first-order chi connectivity index (χ1) is 5.75. The van der Waals surface area contributed by atoms with Crippen molar-refractivity contribution in [3.05, 3.63) is 35.9 Å². The lowest BCUT2D eigenvalue weighted by Crippen LogP contribution is -2.22. The van der Waals surface area contributed by atoms with Gasteiger partial charge in [-0.15, -0.1) is 0 Å². The molecule has 12 heavy (non-hydrogen) atoms. The molecule has 1 rings (SSSR count). The van der Waals surface area contributed by atoms with Gasteiger partial charge in [-0.3, -0.25) is 0 Å². The fourth-order valence-corrected chi connectivity index (χ4v) is 2.16. The standard InChI is InChI=1S/C10H15NS/c1-8(11)10(12-2)9-6-4-3-5-7-9/h3-8,10H,11H2,1-2H3. The van der Waals surface area contributed by atoms with Crippen molar-refractivity contribution in [1.29, 1.82) is 0 Å². The highest BCUT2D eigenvalue weighted by Crippen LogP contribution is 2.28. The first-order valence-electron chi connectivity index (χ1n) is 4.09. The predicted molar refractivity (Wildman–Crippen MR) is 56.3 cm³/mol. The van der Waals surface area contributed by atoms with Crippen LogP contribution in [0.4, 0.5) is 0 Å². The number of nitrogens with two attached hydrogens (primary N) is 1. The molecule has 0 bridgehead atoms. The normalized spacial score (nSPS) is 15.6. The summed E-state index contributed by atoms with van der Waals surface area (Å²) in [6.07, 6.45) is 2.10. The molecule has 2 atom stereocenters. The molecule has 1 aromatic carbocycles. The molecule has 2 unspecified atom stereocenters. The van der Waals surface area contributed by atoms with E-state index in [-0.39, 0.29) is 6.04 Å². The molecule has 1 nitrogen and oxygen atoms in total. The average Bonchev–Trinajstić information content (AvgIpc) is 2.07. The third kappa shape index (κ3) is 2.26. The lowest BCUT2D eigenvalue weighted by atomic mass is 10.1. The van der Waals surface area contributed by atoms with Gasteiger partial charge in [0.1, 0.15) is 0 Å². The van der Waals surface area contributed by atoms with Crippen LogP contribution in [-0.2, 0) is 0 Å². The van der Waals surface area contributed by atoms with Crippen molar-refractivity contribution in [3.63, 3.8) is 0 Å². The molecule has 0 fully saturated rings. The molecule has 0 aliphatic carbocycles. The Balaban J connectivity index is 2.80. The van der Waals surface area contributed by atoms with Gasteiger partial charge in [0.2, 0.25) is 0 Å². The summed E-state index contributed by atoms with van der Waals surface area (Å²) in [4.78, 5) is 0. The van der Waals surface area contributed by atoms with Crippen molar-refractivity contribution < 1.29 is 0 Å². The fourth-order valence-electron chi connectivity index (χ4n) is 1.30. The number of thioether (sulfide) groups is 1. The van der Waals surface area contributed by atoms with E-state index in [4.69, 9.17) is 5.73 Å². The fraction of sp³-hybridized carbons (Fsp3) is 0.400. The minimum absolute atomic E-state index is 0.211. The van der Waals surface area contributed by atoms with Gasteiger partial charge in [-0.2, -0.15) is 11.8 Å². The highest BCUT2D eigenvalue weighted by molar-refractivity contribution is 7.98. The molecule has 0 amide bonds. The van der Waals surface area contributed by atoms with Crippen molar-refractivity contribution in [1.82, 2.24) is 0 Å². The van der Waals surface area contributed by atoms with Crippen molar-refractivity contribution >= 4 is 11.8 Å². The van der Waals surface area contributed by atoms with Crippen molar-refractivity contribution in [2.75, 3.05) is 6.26 Å². The van der Waals surface area contributed by atoms with Gasteiger partial charge in [-0.05, 0) is 18.7 Å². The van der Waals surface area contributed by atoms with Crippen molar-refractivity contribution in [3.8, 4) is 0 Å². The summed E-state index contributed by atoms with van der Waals surface area (Å²) in [5.74, 6) is 0. The van der Waals surface area contributed by atoms with E-state index in [1.54, 1.807) is 11.8 Å². The van der Waals surface area contributed by atoms with Crippen LogP contribution < -0.4 is 5.73 Å². The van der Waals surface area contributed by atoms with Crippen molar-refractivity contribution in [2.24, 2.45) is 5.73 Å². The van der Waals surface area contributed by atoms with E-state index in [1.165, 1.54) is 5.56 Å². The lowest BCUT2D eigenvalue weighted by molar-refractivity contribution is 0.723. The van der Waals surface area contributed by atoms with E-state index in [2.05, 4.69) is 30.5 Å². The summed E-state index contributed by atoms with van der Waals surface area (Å²) >= 11 is 1.81. The summed E-state index contributed by atoms with van der Waals surface area (Å²) in [5.41, 5.74) is 7.18. The van der Waals surface area contributed by atoms with E-state index >= 15 is 0 Å². The van der Waals surface area contributed by atoms with Crippen molar-refractivity contribution in [2.45, 2.75) is 18.2 Å². The molecule has 0 radical (unpaired) electrons. The smallest absolute Gasteiger partial charge is 0.0442 e. The number of hydrogen-bond acceptors (Lipinski definition) is 2. The molecule has 0 saturated carbocycles. The molecule has 0 heterocycles. The molecule has 0 spiro atoms. The van der Waals surface area contributed by atoms with E-state index in [0.29, 0.717) is 5.25 Å².